The topological polar surface area (TPSA) is 67.6 Å². The average molecular weight is 325 g/mol. The van der Waals surface area contributed by atoms with E-state index in [0.29, 0.717) is 0 Å². The molecule has 2 fully saturated rings. The van der Waals surface area contributed by atoms with Gasteiger partial charge < -0.3 is 15.8 Å². The second-order valence-electron chi connectivity index (χ2n) is 7.80. The fourth-order valence-electron chi connectivity index (χ4n) is 4.03. The molecule has 1 atom stereocenters. The van der Waals surface area contributed by atoms with E-state index in [0.717, 1.165) is 52.2 Å². The molecule has 134 valence electrons. The highest BCUT2D eigenvalue weighted by molar-refractivity contribution is 5.85. The molecule has 3 N–H and O–H groups in total. The van der Waals surface area contributed by atoms with Crippen LogP contribution in [0.2, 0.25) is 0 Å². The highest BCUT2D eigenvalue weighted by Crippen LogP contribution is 2.37. The van der Waals surface area contributed by atoms with E-state index in [2.05, 4.69) is 17.1 Å². The highest BCUT2D eigenvalue weighted by Gasteiger charge is 2.36. The number of morpholine rings is 1. The molecule has 1 aliphatic carbocycles. The summed E-state index contributed by atoms with van der Waals surface area (Å²) in [6.45, 7) is 9.45. The Balaban J connectivity index is 1.93. The second kappa shape index (κ2) is 8.45. The van der Waals surface area contributed by atoms with Crippen molar-refractivity contribution in [1.29, 1.82) is 0 Å². The van der Waals surface area contributed by atoms with Gasteiger partial charge in [0.15, 0.2) is 0 Å². The molecule has 1 aliphatic heterocycles. The molecule has 0 radical (unpaired) electrons. The third-order valence-electron chi connectivity index (χ3n) is 5.49. The first-order chi connectivity index (χ1) is 11.0. The van der Waals surface area contributed by atoms with Crippen LogP contribution in [0.25, 0.3) is 0 Å². The summed E-state index contributed by atoms with van der Waals surface area (Å²) < 4.78 is 5.46. The van der Waals surface area contributed by atoms with Gasteiger partial charge in [-0.1, -0.05) is 32.6 Å². The molecule has 0 bridgehead atoms. The van der Waals surface area contributed by atoms with Gasteiger partial charge in [0.05, 0.1) is 18.8 Å². The molecule has 1 unspecified atom stereocenters. The summed E-state index contributed by atoms with van der Waals surface area (Å²) in [5.74, 6) is 0.00581. The van der Waals surface area contributed by atoms with E-state index in [9.17, 15) is 4.79 Å². The van der Waals surface area contributed by atoms with E-state index < -0.39 is 5.54 Å². The van der Waals surface area contributed by atoms with E-state index >= 15 is 0 Å². The van der Waals surface area contributed by atoms with Crippen molar-refractivity contribution in [3.63, 3.8) is 0 Å². The Morgan fingerprint density at radius 3 is 2.52 bits per heavy atom. The maximum atomic E-state index is 12.5. The zero-order valence-corrected chi connectivity index (χ0v) is 15.0. The van der Waals surface area contributed by atoms with Gasteiger partial charge in [0.1, 0.15) is 0 Å². The minimum atomic E-state index is -0.746. The number of hydrogen-bond donors (Lipinski definition) is 2. The van der Waals surface area contributed by atoms with Crippen molar-refractivity contribution in [3.8, 4) is 0 Å². The van der Waals surface area contributed by atoms with Crippen LogP contribution in [0, 0.1) is 5.41 Å². The Kier molecular flexibility index (Phi) is 6.86. The van der Waals surface area contributed by atoms with E-state index in [1.807, 2.05) is 6.92 Å². The Hall–Kier alpha value is -0.650. The van der Waals surface area contributed by atoms with Crippen LogP contribution < -0.4 is 11.1 Å². The normalized spacial score (nSPS) is 24.8. The van der Waals surface area contributed by atoms with Gasteiger partial charge in [-0.05, 0) is 26.2 Å². The Bertz CT molecular complexity index is 372. The van der Waals surface area contributed by atoms with Crippen molar-refractivity contribution in [2.75, 3.05) is 39.4 Å². The highest BCUT2D eigenvalue weighted by atomic mass is 16.5. The third-order valence-corrected chi connectivity index (χ3v) is 5.49. The SMILES string of the molecule is CCCC(C)(N)C(=O)NCC1(CN2CCOCC2)CCCCC1. The van der Waals surface area contributed by atoms with Gasteiger partial charge in [-0.15, -0.1) is 0 Å². The number of nitrogens with one attached hydrogen (secondary N) is 1. The van der Waals surface area contributed by atoms with E-state index in [-0.39, 0.29) is 11.3 Å². The molecular formula is C18H35N3O2. The van der Waals surface area contributed by atoms with Crippen molar-refractivity contribution in [2.24, 2.45) is 11.1 Å². The number of rotatable bonds is 7. The van der Waals surface area contributed by atoms with Crippen LogP contribution >= 0.6 is 0 Å². The summed E-state index contributed by atoms with van der Waals surface area (Å²) in [5, 5.41) is 3.19. The molecule has 0 aromatic rings. The van der Waals surface area contributed by atoms with Crippen LogP contribution in [0.1, 0.15) is 58.8 Å². The first kappa shape index (κ1) is 18.7. The second-order valence-corrected chi connectivity index (χ2v) is 7.80. The van der Waals surface area contributed by atoms with Crippen LogP contribution in [-0.4, -0.2) is 55.7 Å². The molecule has 23 heavy (non-hydrogen) atoms. The number of nitrogens with zero attached hydrogens (tertiary/aromatic N) is 1. The van der Waals surface area contributed by atoms with E-state index in [1.54, 1.807) is 0 Å². The lowest BCUT2D eigenvalue weighted by atomic mass is 9.73. The van der Waals surface area contributed by atoms with Crippen LogP contribution in [0.4, 0.5) is 0 Å². The summed E-state index contributed by atoms with van der Waals surface area (Å²) in [4.78, 5) is 15.0. The van der Waals surface area contributed by atoms with Crippen molar-refractivity contribution < 1.29 is 9.53 Å². The smallest absolute Gasteiger partial charge is 0.239 e. The molecule has 0 aromatic carbocycles. The maximum absolute atomic E-state index is 12.5. The molecule has 1 saturated carbocycles. The Labute approximate surface area is 141 Å². The minimum Gasteiger partial charge on any atom is -0.379 e. The average Bonchev–Trinajstić information content (AvgIpc) is 2.54. The zero-order chi connectivity index (χ0) is 16.8. The quantitative estimate of drug-likeness (QED) is 0.750. The summed E-state index contributed by atoms with van der Waals surface area (Å²) in [7, 11) is 0. The molecule has 0 aromatic heterocycles. The summed E-state index contributed by atoms with van der Waals surface area (Å²) in [5.41, 5.74) is 5.64. The number of nitrogens with two attached hydrogens (primary N) is 1. The van der Waals surface area contributed by atoms with Gasteiger partial charge in [0, 0.05) is 31.6 Å². The molecular weight excluding hydrogens is 290 g/mol. The number of carbonyl (C=O) groups is 1. The predicted molar refractivity (Wildman–Crippen MR) is 93.3 cm³/mol. The van der Waals surface area contributed by atoms with E-state index in [1.165, 1.54) is 32.1 Å². The summed E-state index contributed by atoms with van der Waals surface area (Å²) >= 11 is 0. The lowest BCUT2D eigenvalue weighted by Crippen LogP contribution is -2.55. The first-order valence-corrected chi connectivity index (χ1v) is 9.35. The van der Waals surface area contributed by atoms with Gasteiger partial charge in [-0.25, -0.2) is 0 Å². The first-order valence-electron chi connectivity index (χ1n) is 9.35. The van der Waals surface area contributed by atoms with Gasteiger partial charge in [0.2, 0.25) is 5.91 Å². The van der Waals surface area contributed by atoms with E-state index in [4.69, 9.17) is 10.5 Å². The Morgan fingerprint density at radius 1 is 1.26 bits per heavy atom. The standard InChI is InChI=1S/C18H35N3O2/c1-3-7-17(2,19)16(22)20-14-18(8-5-4-6-9-18)15-21-10-12-23-13-11-21/h3-15,19H2,1-2H3,(H,20,22). The van der Waals surface area contributed by atoms with Gasteiger partial charge >= 0.3 is 0 Å². The molecule has 2 rings (SSSR count). The Morgan fingerprint density at radius 2 is 1.91 bits per heavy atom. The van der Waals surface area contributed by atoms with Gasteiger partial charge in [-0.3, -0.25) is 9.69 Å². The molecule has 5 nitrogen and oxygen atoms in total. The minimum absolute atomic E-state index is 0.00581. The van der Waals surface area contributed by atoms with Crippen molar-refractivity contribution in [2.45, 2.75) is 64.3 Å². The third kappa shape index (κ3) is 5.44. The molecule has 1 heterocycles. The lowest BCUT2D eigenvalue weighted by Gasteiger charge is -2.42. The van der Waals surface area contributed by atoms with Crippen molar-refractivity contribution in [3.05, 3.63) is 0 Å². The maximum Gasteiger partial charge on any atom is 0.239 e. The molecule has 1 amide bonds. The fourth-order valence-corrected chi connectivity index (χ4v) is 4.03. The molecule has 1 saturated heterocycles. The number of hydrogen-bond acceptors (Lipinski definition) is 4. The lowest BCUT2D eigenvalue weighted by molar-refractivity contribution is -0.126. The largest absolute Gasteiger partial charge is 0.379 e. The van der Waals surface area contributed by atoms with Crippen molar-refractivity contribution >= 4 is 5.91 Å². The van der Waals surface area contributed by atoms with Crippen LogP contribution in [0.15, 0.2) is 0 Å². The number of ether oxygens (including phenoxy) is 1. The summed E-state index contributed by atoms with van der Waals surface area (Å²) in [6.07, 6.45) is 7.95. The van der Waals surface area contributed by atoms with Gasteiger partial charge in [0.25, 0.3) is 0 Å². The molecule has 0 spiro atoms. The fraction of sp³-hybridized carbons (Fsp3) is 0.944. The van der Waals surface area contributed by atoms with Crippen LogP contribution in [0.5, 0.6) is 0 Å². The zero-order valence-electron chi connectivity index (χ0n) is 15.0. The number of carbonyl (C=O) groups excluding carboxylic acids is 1. The van der Waals surface area contributed by atoms with Crippen molar-refractivity contribution in [1.82, 2.24) is 10.2 Å². The molecule has 5 heteroatoms. The van der Waals surface area contributed by atoms with Gasteiger partial charge in [-0.2, -0.15) is 0 Å². The summed E-state index contributed by atoms with van der Waals surface area (Å²) in [6, 6.07) is 0. The number of amides is 1. The van der Waals surface area contributed by atoms with Crippen LogP contribution in [0.3, 0.4) is 0 Å². The van der Waals surface area contributed by atoms with Crippen LogP contribution in [-0.2, 0) is 9.53 Å². The monoisotopic (exact) mass is 325 g/mol. The predicted octanol–water partition coefficient (Wildman–Crippen LogP) is 1.90. The molecule has 2 aliphatic rings.